The third-order valence-corrected chi connectivity index (χ3v) is 2.77. The lowest BCUT2D eigenvalue weighted by atomic mass is 10.0. The van der Waals surface area contributed by atoms with Crippen molar-refractivity contribution in [3.05, 3.63) is 40.9 Å². The van der Waals surface area contributed by atoms with Crippen molar-refractivity contribution in [2.24, 2.45) is 5.92 Å². The van der Waals surface area contributed by atoms with Gasteiger partial charge in [0.1, 0.15) is 0 Å². The topological polar surface area (TPSA) is 0 Å². The Bertz CT molecular complexity index is 339. The lowest BCUT2D eigenvalue weighted by molar-refractivity contribution is 0.782. The van der Waals surface area contributed by atoms with Crippen LogP contribution in [0, 0.1) is 5.92 Å². The van der Waals surface area contributed by atoms with Crippen LogP contribution in [0.4, 0.5) is 0 Å². The molecule has 0 saturated carbocycles. The first-order valence-corrected chi connectivity index (χ1v) is 4.54. The first kappa shape index (κ1) is 7.88. The molecule has 1 atom stereocenters. The molecule has 0 saturated heterocycles. The molecule has 2 rings (SSSR count). The highest BCUT2D eigenvalue weighted by Crippen LogP contribution is 2.36. The molecule has 1 aliphatic rings. The second-order valence-electron chi connectivity index (χ2n) is 3.43. The largest absolute Gasteiger partial charge is 0.0949 e. The number of hydrogen-bond acceptors (Lipinski definition) is 0. The molecule has 1 unspecified atom stereocenters. The van der Waals surface area contributed by atoms with Gasteiger partial charge in [-0.1, -0.05) is 31.2 Å². The summed E-state index contributed by atoms with van der Waals surface area (Å²) in [5, 5.41) is 0.809. The van der Waals surface area contributed by atoms with E-state index in [1.165, 1.54) is 16.7 Å². The molecule has 0 radical (unpaired) electrons. The second-order valence-corrected chi connectivity index (χ2v) is 3.87. The Morgan fingerprint density at radius 2 is 2.25 bits per heavy atom. The number of allylic oxidation sites excluding steroid dienone is 1. The molecule has 0 nitrogen and oxygen atoms in total. The zero-order chi connectivity index (χ0) is 8.72. The van der Waals surface area contributed by atoms with Crippen LogP contribution in [0.25, 0.3) is 5.57 Å². The summed E-state index contributed by atoms with van der Waals surface area (Å²) in [5.41, 5.74) is 3.87. The Morgan fingerprint density at radius 1 is 1.50 bits per heavy atom. The van der Waals surface area contributed by atoms with Crippen LogP contribution in [0.3, 0.4) is 0 Å². The maximum atomic E-state index is 5.90. The number of fused-ring (bicyclic) bond motifs is 1. The van der Waals surface area contributed by atoms with Gasteiger partial charge >= 0.3 is 0 Å². The van der Waals surface area contributed by atoms with Gasteiger partial charge in [0, 0.05) is 5.02 Å². The van der Waals surface area contributed by atoms with Gasteiger partial charge in [0.05, 0.1) is 0 Å². The SMILES string of the molecule is C=C1c2cc(Cl)ccc2CC1C. The minimum Gasteiger partial charge on any atom is -0.0949 e. The van der Waals surface area contributed by atoms with Crippen LogP contribution in [0.2, 0.25) is 5.02 Å². The van der Waals surface area contributed by atoms with Gasteiger partial charge in [-0.3, -0.25) is 0 Å². The molecule has 0 fully saturated rings. The average Bonchev–Trinajstić information content (AvgIpc) is 2.31. The van der Waals surface area contributed by atoms with Crippen molar-refractivity contribution in [3.63, 3.8) is 0 Å². The fraction of sp³-hybridized carbons (Fsp3) is 0.273. The fourth-order valence-corrected chi connectivity index (χ4v) is 1.92. The normalized spacial score (nSPS) is 21.2. The summed E-state index contributed by atoms with van der Waals surface area (Å²) in [4.78, 5) is 0. The van der Waals surface area contributed by atoms with Crippen molar-refractivity contribution < 1.29 is 0 Å². The fourth-order valence-electron chi connectivity index (χ4n) is 1.74. The second kappa shape index (κ2) is 2.63. The quantitative estimate of drug-likeness (QED) is 0.570. The van der Waals surface area contributed by atoms with Crippen molar-refractivity contribution in [1.29, 1.82) is 0 Å². The van der Waals surface area contributed by atoms with E-state index in [1.807, 2.05) is 12.1 Å². The van der Waals surface area contributed by atoms with Gasteiger partial charge in [0.15, 0.2) is 0 Å². The summed E-state index contributed by atoms with van der Waals surface area (Å²) in [5.74, 6) is 0.582. The van der Waals surface area contributed by atoms with Crippen LogP contribution in [-0.2, 0) is 6.42 Å². The van der Waals surface area contributed by atoms with Crippen LogP contribution >= 0.6 is 11.6 Å². The lowest BCUT2D eigenvalue weighted by Gasteiger charge is -2.01. The van der Waals surface area contributed by atoms with Crippen molar-refractivity contribution in [2.75, 3.05) is 0 Å². The number of hydrogen-bond donors (Lipinski definition) is 0. The van der Waals surface area contributed by atoms with E-state index in [1.54, 1.807) is 0 Å². The molecule has 0 amide bonds. The van der Waals surface area contributed by atoms with Crippen LogP contribution < -0.4 is 0 Å². The minimum atomic E-state index is 0.582. The number of halogens is 1. The molecule has 0 N–H and O–H groups in total. The molecule has 12 heavy (non-hydrogen) atoms. The first-order valence-electron chi connectivity index (χ1n) is 4.16. The summed E-state index contributed by atoms with van der Waals surface area (Å²) in [7, 11) is 0. The Kier molecular flexibility index (Phi) is 1.73. The molecular weight excluding hydrogens is 168 g/mol. The van der Waals surface area contributed by atoms with E-state index in [0.717, 1.165) is 11.4 Å². The highest BCUT2D eigenvalue weighted by Gasteiger charge is 2.21. The molecule has 1 aromatic rings. The Morgan fingerprint density at radius 3 is 3.00 bits per heavy atom. The van der Waals surface area contributed by atoms with E-state index in [2.05, 4.69) is 19.6 Å². The molecule has 1 aliphatic carbocycles. The highest BCUT2D eigenvalue weighted by molar-refractivity contribution is 6.30. The molecule has 0 bridgehead atoms. The molecule has 0 spiro atoms. The molecule has 62 valence electrons. The molecule has 0 aliphatic heterocycles. The number of benzene rings is 1. The van der Waals surface area contributed by atoms with Crippen LogP contribution in [-0.4, -0.2) is 0 Å². The minimum absolute atomic E-state index is 0.582. The standard InChI is InChI=1S/C11H11Cl/c1-7-5-9-3-4-10(12)6-11(9)8(7)2/h3-4,6-7H,2,5H2,1H3. The van der Waals surface area contributed by atoms with Crippen LogP contribution in [0.5, 0.6) is 0 Å². The first-order chi connectivity index (χ1) is 5.68. The van der Waals surface area contributed by atoms with E-state index < -0.39 is 0 Å². The molecular formula is C11H11Cl. The van der Waals surface area contributed by atoms with Crippen LogP contribution in [0.15, 0.2) is 24.8 Å². The van der Waals surface area contributed by atoms with Gasteiger partial charge in [-0.05, 0) is 41.2 Å². The maximum Gasteiger partial charge on any atom is 0.0412 e. The predicted molar refractivity (Wildman–Crippen MR) is 53.4 cm³/mol. The van der Waals surface area contributed by atoms with Gasteiger partial charge in [-0.15, -0.1) is 0 Å². The maximum absolute atomic E-state index is 5.90. The number of rotatable bonds is 0. The Balaban J connectivity index is 2.56. The van der Waals surface area contributed by atoms with Gasteiger partial charge in [0.2, 0.25) is 0 Å². The Hall–Kier alpha value is -0.750. The van der Waals surface area contributed by atoms with E-state index in [4.69, 9.17) is 11.6 Å². The van der Waals surface area contributed by atoms with E-state index in [-0.39, 0.29) is 0 Å². The highest BCUT2D eigenvalue weighted by atomic mass is 35.5. The molecule has 1 heteroatoms. The smallest absolute Gasteiger partial charge is 0.0412 e. The molecule has 0 aromatic heterocycles. The van der Waals surface area contributed by atoms with Gasteiger partial charge in [-0.25, -0.2) is 0 Å². The monoisotopic (exact) mass is 178 g/mol. The van der Waals surface area contributed by atoms with Crippen molar-refractivity contribution >= 4 is 17.2 Å². The zero-order valence-electron chi connectivity index (χ0n) is 7.10. The average molecular weight is 179 g/mol. The summed E-state index contributed by atoms with van der Waals surface area (Å²) >= 11 is 5.90. The van der Waals surface area contributed by atoms with Gasteiger partial charge < -0.3 is 0 Å². The van der Waals surface area contributed by atoms with E-state index in [9.17, 15) is 0 Å². The summed E-state index contributed by atoms with van der Waals surface area (Å²) in [6, 6.07) is 6.07. The molecule has 1 aromatic carbocycles. The summed E-state index contributed by atoms with van der Waals surface area (Å²) in [6.07, 6.45) is 1.12. The lowest BCUT2D eigenvalue weighted by Crippen LogP contribution is -1.87. The van der Waals surface area contributed by atoms with Gasteiger partial charge in [0.25, 0.3) is 0 Å². The van der Waals surface area contributed by atoms with Crippen molar-refractivity contribution in [3.8, 4) is 0 Å². The summed E-state index contributed by atoms with van der Waals surface area (Å²) < 4.78 is 0. The van der Waals surface area contributed by atoms with Gasteiger partial charge in [-0.2, -0.15) is 0 Å². The molecule has 0 heterocycles. The van der Waals surface area contributed by atoms with E-state index >= 15 is 0 Å². The Labute approximate surface area is 77.9 Å². The summed E-state index contributed by atoms with van der Waals surface area (Å²) in [6.45, 7) is 6.26. The van der Waals surface area contributed by atoms with Crippen molar-refractivity contribution in [2.45, 2.75) is 13.3 Å². The third kappa shape index (κ3) is 1.07. The predicted octanol–water partition coefficient (Wildman–Crippen LogP) is 3.55. The van der Waals surface area contributed by atoms with Crippen LogP contribution in [0.1, 0.15) is 18.1 Å². The third-order valence-electron chi connectivity index (χ3n) is 2.54. The van der Waals surface area contributed by atoms with E-state index in [0.29, 0.717) is 5.92 Å². The van der Waals surface area contributed by atoms with Crippen molar-refractivity contribution in [1.82, 2.24) is 0 Å². The zero-order valence-corrected chi connectivity index (χ0v) is 7.86.